The number of esters is 3. The molecule has 0 saturated heterocycles. The fraction of sp³-hybridized carbons (Fsp3) is 0.765. The molecule has 0 saturated carbocycles. The fourth-order valence-electron chi connectivity index (χ4n) is 10.5. The molecule has 20 heteroatoms. The number of aliphatic hydroxyl groups excluding tert-OH is 1. The molecule has 0 aromatic heterocycles. The maximum Gasteiger partial charge on any atom is 1.00 e. The number of aliphatic hydroxyl groups is 1. The minimum atomic E-state index is -5.22. The summed E-state index contributed by atoms with van der Waals surface area (Å²) >= 11 is 0. The maximum atomic E-state index is 13.0. The van der Waals surface area contributed by atoms with Crippen LogP contribution in [-0.4, -0.2) is 87.6 Å². The van der Waals surface area contributed by atoms with Gasteiger partial charge in [0.2, 0.25) is 0 Å². The van der Waals surface area contributed by atoms with Crippen molar-refractivity contribution in [1.82, 2.24) is 0 Å². The SMILES string of the molecule is CCCCCC/C=C/C/C=C\CCCCCCCOCC(COP(=O)([O-])OCC(O)COP(=O)([O-])OCC(COC(=O)CCCCCC/C=C/C/C=C/CCCCCC)OC(=O)CCCCCC/C=C/C/C=C/CCCCCC)OC(=O)CCCCCC/C=C/C/C=C/CCCCCC.[Na+].[Na+]. The van der Waals surface area contributed by atoms with E-state index in [1.54, 1.807) is 0 Å². The van der Waals surface area contributed by atoms with Crippen molar-refractivity contribution < 1.29 is 135 Å². The van der Waals surface area contributed by atoms with Crippen molar-refractivity contribution >= 4 is 33.6 Å². The van der Waals surface area contributed by atoms with Gasteiger partial charge in [-0.1, -0.05) is 260 Å². The second-order valence-electron chi connectivity index (χ2n) is 26.2. The van der Waals surface area contributed by atoms with Gasteiger partial charge in [0.25, 0.3) is 15.6 Å². The summed E-state index contributed by atoms with van der Waals surface area (Å²) < 4.78 is 68.3. The second kappa shape index (κ2) is 81.0. The molecule has 0 amide bonds. The van der Waals surface area contributed by atoms with Crippen LogP contribution in [0.5, 0.6) is 0 Å². The number of phosphoric acid groups is 2. The molecule has 16 nitrogen and oxygen atoms in total. The van der Waals surface area contributed by atoms with Crippen molar-refractivity contribution in [3.05, 3.63) is 97.2 Å². The number of carbonyl (C=O) groups excluding carboxylic acids is 3. The van der Waals surface area contributed by atoms with E-state index < -0.39 is 84.9 Å². The van der Waals surface area contributed by atoms with Gasteiger partial charge in [0.15, 0.2) is 6.10 Å². The molecule has 101 heavy (non-hydrogen) atoms. The van der Waals surface area contributed by atoms with E-state index in [1.807, 2.05) is 0 Å². The van der Waals surface area contributed by atoms with Gasteiger partial charge in [-0.25, -0.2) is 0 Å². The van der Waals surface area contributed by atoms with Crippen LogP contribution in [0.2, 0.25) is 0 Å². The Bertz CT molecular complexity index is 2200. The van der Waals surface area contributed by atoms with Crippen LogP contribution in [0, 0.1) is 0 Å². The Hall–Kier alpha value is -1.53. The van der Waals surface area contributed by atoms with E-state index in [4.69, 9.17) is 37.0 Å². The first-order valence-corrected chi connectivity index (χ1v) is 42.4. The van der Waals surface area contributed by atoms with Crippen molar-refractivity contribution in [3.8, 4) is 0 Å². The first-order chi connectivity index (χ1) is 48.3. The van der Waals surface area contributed by atoms with E-state index in [2.05, 4.69) is 125 Å². The van der Waals surface area contributed by atoms with Gasteiger partial charge < -0.3 is 51.9 Å². The normalized spacial score (nSPS) is 14.2. The summed E-state index contributed by atoms with van der Waals surface area (Å²) in [5, 5.41) is 10.6. The number of ether oxygens (including phenoxy) is 4. The minimum absolute atomic E-state index is 0. The van der Waals surface area contributed by atoms with E-state index in [1.165, 1.54) is 103 Å². The third kappa shape index (κ3) is 80.8. The monoisotopic (exact) mass is 1480 g/mol. The molecule has 0 radical (unpaired) electrons. The molecular formula is C81H142Na2O16P2. The Balaban J connectivity index is -0.0000480. The smallest absolute Gasteiger partial charge is 0.756 e. The summed E-state index contributed by atoms with van der Waals surface area (Å²) in [6.07, 6.45) is 79.0. The Kier molecular flexibility index (Phi) is 83.1. The Labute approximate surface area is 660 Å². The minimum Gasteiger partial charge on any atom is -0.756 e. The molecule has 0 heterocycles. The van der Waals surface area contributed by atoms with E-state index >= 15 is 0 Å². The van der Waals surface area contributed by atoms with E-state index in [0.717, 1.165) is 167 Å². The third-order valence-corrected chi connectivity index (χ3v) is 18.4. The third-order valence-electron chi connectivity index (χ3n) is 16.5. The quantitative estimate of drug-likeness (QED) is 0.0149. The average Bonchev–Trinajstić information content (AvgIpc) is 0.935. The number of rotatable bonds is 75. The summed E-state index contributed by atoms with van der Waals surface area (Å²) in [5.41, 5.74) is 0. The van der Waals surface area contributed by atoms with Crippen LogP contribution in [0.4, 0.5) is 0 Å². The number of carbonyl (C=O) groups is 3. The van der Waals surface area contributed by atoms with E-state index in [-0.39, 0.29) is 85.0 Å². The molecule has 0 aliphatic heterocycles. The molecule has 0 aliphatic carbocycles. The van der Waals surface area contributed by atoms with E-state index in [0.29, 0.717) is 25.9 Å². The van der Waals surface area contributed by atoms with Gasteiger partial charge in [-0.2, -0.15) is 0 Å². The van der Waals surface area contributed by atoms with Gasteiger partial charge in [-0.15, -0.1) is 0 Å². The summed E-state index contributed by atoms with van der Waals surface area (Å²) in [7, 11) is -10.4. The molecule has 0 aliphatic rings. The predicted molar refractivity (Wildman–Crippen MR) is 404 cm³/mol. The molecule has 0 fully saturated rings. The summed E-state index contributed by atoms with van der Waals surface area (Å²) in [6, 6.07) is 0. The largest absolute Gasteiger partial charge is 1.00 e. The van der Waals surface area contributed by atoms with Gasteiger partial charge in [-0.05, 0) is 154 Å². The number of hydrogen-bond donors (Lipinski definition) is 1. The topological polar surface area (TPSA) is 226 Å². The van der Waals surface area contributed by atoms with Crippen molar-refractivity contribution in [2.24, 2.45) is 0 Å². The first-order valence-electron chi connectivity index (χ1n) is 39.5. The van der Waals surface area contributed by atoms with Crippen molar-refractivity contribution in [1.29, 1.82) is 0 Å². The molecule has 5 atom stereocenters. The zero-order chi connectivity index (χ0) is 72.3. The van der Waals surface area contributed by atoms with Crippen LogP contribution in [-0.2, 0) is 60.6 Å². The average molecular weight is 1480 g/mol. The maximum absolute atomic E-state index is 13.0. The summed E-state index contributed by atoms with van der Waals surface area (Å²) in [4.78, 5) is 64.8. The number of unbranched alkanes of at least 4 members (excludes halogenated alkanes) is 33. The van der Waals surface area contributed by atoms with Gasteiger partial charge in [-0.3, -0.25) is 23.5 Å². The molecule has 0 rings (SSSR count). The number of allylic oxidation sites excluding steroid dienone is 16. The van der Waals surface area contributed by atoms with Gasteiger partial charge in [0.05, 0.1) is 33.0 Å². The van der Waals surface area contributed by atoms with Gasteiger partial charge in [0, 0.05) is 25.9 Å². The summed E-state index contributed by atoms with van der Waals surface area (Å²) in [5.74, 6) is -1.65. The fourth-order valence-corrected chi connectivity index (χ4v) is 12.0. The molecule has 0 aromatic carbocycles. The molecular weight excluding hydrogens is 1340 g/mol. The molecule has 574 valence electrons. The number of phosphoric ester groups is 2. The molecule has 1 N–H and O–H groups in total. The molecule has 0 aromatic rings. The van der Waals surface area contributed by atoms with Gasteiger partial charge in [0.1, 0.15) is 18.8 Å². The van der Waals surface area contributed by atoms with Gasteiger partial charge >= 0.3 is 77.0 Å². The molecule has 5 unspecified atom stereocenters. The predicted octanol–water partition coefficient (Wildman–Crippen LogP) is 16.0. The van der Waals surface area contributed by atoms with Crippen molar-refractivity contribution in [2.75, 3.05) is 46.2 Å². The van der Waals surface area contributed by atoms with Crippen LogP contribution in [0.3, 0.4) is 0 Å². The van der Waals surface area contributed by atoms with Crippen LogP contribution in [0.25, 0.3) is 0 Å². The zero-order valence-electron chi connectivity index (χ0n) is 64.8. The molecule has 0 bridgehead atoms. The van der Waals surface area contributed by atoms with Crippen LogP contribution in [0.1, 0.15) is 336 Å². The Morgan fingerprint density at radius 1 is 0.317 bits per heavy atom. The van der Waals surface area contributed by atoms with Crippen molar-refractivity contribution in [2.45, 2.75) is 354 Å². The summed E-state index contributed by atoms with van der Waals surface area (Å²) in [6.45, 7) is 5.40. The Morgan fingerprint density at radius 2 is 0.564 bits per heavy atom. The van der Waals surface area contributed by atoms with Crippen LogP contribution in [0.15, 0.2) is 97.2 Å². The zero-order valence-corrected chi connectivity index (χ0v) is 70.6. The first kappa shape index (κ1) is 104. The van der Waals surface area contributed by atoms with Crippen LogP contribution < -0.4 is 68.9 Å². The number of hydrogen-bond acceptors (Lipinski definition) is 16. The molecule has 0 spiro atoms. The van der Waals surface area contributed by atoms with Crippen molar-refractivity contribution in [3.63, 3.8) is 0 Å². The second-order valence-corrected chi connectivity index (χ2v) is 29.1. The standard InChI is InChI=1S/C81H144O16P2.2Na/c1-5-9-13-17-21-25-29-33-37-41-45-49-53-57-61-65-69-90-72-77(96-80(84)67-63-59-55-51-47-43-39-35-31-27-23-19-15-11-7-3)74-94-98(86,87)92-70-76(82)71-93-99(88,89)95-75-78(97-81(85)68-64-60-56-52-48-44-40-36-32-28-24-20-16-12-8-4)73-91-79(83)66-62-58-54-50-46-42-38-34-30-26-22-18-14-10-6-2;;/h25-32,37-44,76-78,82H,5-24,33-36,45-75H2,1-4H3,(H,86,87)(H,88,89);;/q;2*+1/p-2/b29-25+,30-26+,31-27+,32-28+,41-37-,42-38+,43-39+,44-40+;;. The van der Waals surface area contributed by atoms with E-state index in [9.17, 15) is 38.4 Å². The van der Waals surface area contributed by atoms with Crippen LogP contribution >= 0.6 is 15.6 Å². The Morgan fingerprint density at radius 3 is 0.871 bits per heavy atom.